The number of ether oxygens (including phenoxy) is 2. The molecule has 4 heteroatoms. The Bertz CT molecular complexity index is 462. The topological polar surface area (TPSA) is 47.6 Å². The Balaban J connectivity index is 2.88. The van der Waals surface area contributed by atoms with Crippen LogP contribution in [-0.4, -0.2) is 19.1 Å². The number of carbonyl (C=O) groups is 1. The van der Waals surface area contributed by atoms with Gasteiger partial charge in [-0.2, -0.15) is 0 Å². The maximum atomic E-state index is 11.6. The lowest BCUT2D eigenvalue weighted by Crippen LogP contribution is -2.09. The Morgan fingerprint density at radius 3 is 2.37 bits per heavy atom. The van der Waals surface area contributed by atoms with E-state index in [4.69, 9.17) is 9.47 Å². The van der Waals surface area contributed by atoms with E-state index in [0.29, 0.717) is 30.4 Å². The number of allylic oxidation sites excluding steroid dienone is 1. The second-order valence-corrected chi connectivity index (χ2v) is 4.24. The number of carbonyl (C=O) groups excluding carboxylic acids is 1. The molecule has 104 valence electrons. The van der Waals surface area contributed by atoms with Crippen molar-refractivity contribution in [3.8, 4) is 11.5 Å². The molecule has 1 amide bonds. The highest BCUT2D eigenvalue weighted by Crippen LogP contribution is 2.30. The molecule has 1 aromatic carbocycles. The predicted molar refractivity (Wildman–Crippen MR) is 76.8 cm³/mol. The van der Waals surface area contributed by atoms with Crippen LogP contribution in [0.5, 0.6) is 11.5 Å². The molecule has 0 saturated carbocycles. The average Bonchev–Trinajstić information content (AvgIpc) is 2.32. The number of rotatable bonds is 6. The largest absolute Gasteiger partial charge is 0.490 e. The molecule has 0 bridgehead atoms. The van der Waals surface area contributed by atoms with Gasteiger partial charge < -0.3 is 14.8 Å². The molecule has 0 aliphatic carbocycles. The van der Waals surface area contributed by atoms with Gasteiger partial charge in [-0.1, -0.05) is 5.57 Å². The molecule has 4 nitrogen and oxygen atoms in total. The lowest BCUT2D eigenvalue weighted by atomic mass is 10.2. The molecule has 1 aromatic rings. The summed E-state index contributed by atoms with van der Waals surface area (Å²) >= 11 is 0. The number of hydrogen-bond donors (Lipinski definition) is 1. The molecule has 0 aliphatic heterocycles. The van der Waals surface area contributed by atoms with Gasteiger partial charge in [0.2, 0.25) is 5.91 Å². The van der Waals surface area contributed by atoms with Crippen LogP contribution in [0.1, 0.15) is 27.7 Å². The standard InChI is InChI=1S/C15H21NO3/c1-5-18-13-8-7-12(10-14(13)19-6-2)16-15(17)9-11(3)4/h7-10H,5-6H2,1-4H3,(H,16,17). The fourth-order valence-electron chi connectivity index (χ4n) is 1.57. The number of nitrogens with one attached hydrogen (secondary N) is 1. The van der Waals surface area contributed by atoms with Crippen molar-refractivity contribution in [3.05, 3.63) is 29.8 Å². The third-order valence-corrected chi connectivity index (χ3v) is 2.23. The summed E-state index contributed by atoms with van der Waals surface area (Å²) in [5.74, 6) is 1.18. The molecule has 0 aromatic heterocycles. The van der Waals surface area contributed by atoms with E-state index in [-0.39, 0.29) is 5.91 Å². The van der Waals surface area contributed by atoms with E-state index < -0.39 is 0 Å². The lowest BCUT2D eigenvalue weighted by Gasteiger charge is -2.12. The minimum atomic E-state index is -0.147. The minimum Gasteiger partial charge on any atom is -0.490 e. The number of anilines is 1. The number of amides is 1. The van der Waals surface area contributed by atoms with Gasteiger partial charge in [0.1, 0.15) is 0 Å². The van der Waals surface area contributed by atoms with E-state index >= 15 is 0 Å². The quantitative estimate of drug-likeness (QED) is 0.800. The van der Waals surface area contributed by atoms with Crippen molar-refractivity contribution in [3.63, 3.8) is 0 Å². The second kappa shape index (κ2) is 7.46. The smallest absolute Gasteiger partial charge is 0.248 e. The predicted octanol–water partition coefficient (Wildman–Crippen LogP) is 3.39. The van der Waals surface area contributed by atoms with E-state index in [9.17, 15) is 4.79 Å². The van der Waals surface area contributed by atoms with Crippen molar-refractivity contribution in [2.45, 2.75) is 27.7 Å². The zero-order chi connectivity index (χ0) is 14.3. The lowest BCUT2D eigenvalue weighted by molar-refractivity contribution is -0.111. The molecule has 0 atom stereocenters. The Morgan fingerprint density at radius 2 is 1.79 bits per heavy atom. The van der Waals surface area contributed by atoms with Gasteiger partial charge in [0.25, 0.3) is 0 Å². The monoisotopic (exact) mass is 263 g/mol. The number of benzene rings is 1. The Hall–Kier alpha value is -1.97. The summed E-state index contributed by atoms with van der Waals surface area (Å²) in [5, 5.41) is 2.79. The van der Waals surface area contributed by atoms with Crippen molar-refractivity contribution in [2.75, 3.05) is 18.5 Å². The van der Waals surface area contributed by atoms with Gasteiger partial charge in [-0.05, 0) is 39.8 Å². The fourth-order valence-corrected chi connectivity index (χ4v) is 1.57. The molecule has 0 aliphatic rings. The molecule has 0 unspecified atom stereocenters. The first-order chi connectivity index (χ1) is 9.06. The van der Waals surface area contributed by atoms with Crippen molar-refractivity contribution >= 4 is 11.6 Å². The first kappa shape index (κ1) is 15.1. The Morgan fingerprint density at radius 1 is 1.16 bits per heavy atom. The van der Waals surface area contributed by atoms with Gasteiger partial charge in [-0.25, -0.2) is 0 Å². The summed E-state index contributed by atoms with van der Waals surface area (Å²) in [6.45, 7) is 8.70. The van der Waals surface area contributed by atoms with E-state index in [1.807, 2.05) is 27.7 Å². The third kappa shape index (κ3) is 5.04. The highest BCUT2D eigenvalue weighted by atomic mass is 16.5. The number of hydrogen-bond acceptors (Lipinski definition) is 3. The van der Waals surface area contributed by atoms with Crippen LogP contribution < -0.4 is 14.8 Å². The molecule has 0 saturated heterocycles. The van der Waals surface area contributed by atoms with E-state index in [1.54, 1.807) is 24.3 Å². The summed E-state index contributed by atoms with van der Waals surface area (Å²) < 4.78 is 11.0. The Labute approximate surface area is 114 Å². The average molecular weight is 263 g/mol. The summed E-state index contributed by atoms with van der Waals surface area (Å²) in [7, 11) is 0. The van der Waals surface area contributed by atoms with E-state index in [2.05, 4.69) is 5.32 Å². The van der Waals surface area contributed by atoms with E-state index in [1.165, 1.54) is 0 Å². The van der Waals surface area contributed by atoms with Crippen molar-refractivity contribution in [1.29, 1.82) is 0 Å². The zero-order valence-corrected chi connectivity index (χ0v) is 11.9. The maximum absolute atomic E-state index is 11.6. The van der Waals surface area contributed by atoms with Gasteiger partial charge >= 0.3 is 0 Å². The molecule has 19 heavy (non-hydrogen) atoms. The van der Waals surface area contributed by atoms with Gasteiger partial charge in [0.15, 0.2) is 11.5 Å². The van der Waals surface area contributed by atoms with Crippen molar-refractivity contribution < 1.29 is 14.3 Å². The highest BCUT2D eigenvalue weighted by Gasteiger charge is 2.07. The van der Waals surface area contributed by atoms with Crippen LogP contribution in [0.15, 0.2) is 29.8 Å². The van der Waals surface area contributed by atoms with Gasteiger partial charge in [0, 0.05) is 17.8 Å². The summed E-state index contributed by atoms with van der Waals surface area (Å²) in [6.07, 6.45) is 1.55. The van der Waals surface area contributed by atoms with Crippen LogP contribution in [0.3, 0.4) is 0 Å². The molecular weight excluding hydrogens is 242 g/mol. The highest BCUT2D eigenvalue weighted by molar-refractivity contribution is 5.99. The summed E-state index contributed by atoms with van der Waals surface area (Å²) in [4.78, 5) is 11.6. The molecule has 0 heterocycles. The first-order valence-corrected chi connectivity index (χ1v) is 6.42. The van der Waals surface area contributed by atoms with Gasteiger partial charge in [-0.15, -0.1) is 0 Å². The normalized spacial score (nSPS) is 9.68. The third-order valence-electron chi connectivity index (χ3n) is 2.23. The van der Waals surface area contributed by atoms with Crippen LogP contribution in [-0.2, 0) is 4.79 Å². The van der Waals surface area contributed by atoms with Crippen LogP contribution in [0, 0.1) is 0 Å². The summed E-state index contributed by atoms with van der Waals surface area (Å²) in [5.41, 5.74) is 1.64. The molecular formula is C15H21NO3. The van der Waals surface area contributed by atoms with E-state index in [0.717, 1.165) is 5.57 Å². The molecule has 1 rings (SSSR count). The molecule has 0 fully saturated rings. The van der Waals surface area contributed by atoms with Gasteiger partial charge in [0.05, 0.1) is 13.2 Å². The SMILES string of the molecule is CCOc1ccc(NC(=O)C=C(C)C)cc1OCC. The van der Waals surface area contributed by atoms with Crippen LogP contribution in [0.4, 0.5) is 5.69 Å². The molecule has 1 N–H and O–H groups in total. The zero-order valence-electron chi connectivity index (χ0n) is 11.9. The van der Waals surface area contributed by atoms with Crippen molar-refractivity contribution in [2.24, 2.45) is 0 Å². The van der Waals surface area contributed by atoms with Gasteiger partial charge in [-0.3, -0.25) is 4.79 Å². The van der Waals surface area contributed by atoms with Crippen molar-refractivity contribution in [1.82, 2.24) is 0 Å². The van der Waals surface area contributed by atoms with Crippen LogP contribution >= 0.6 is 0 Å². The second-order valence-electron chi connectivity index (χ2n) is 4.24. The Kier molecular flexibility index (Phi) is 5.93. The minimum absolute atomic E-state index is 0.147. The fraction of sp³-hybridized carbons (Fsp3) is 0.400. The first-order valence-electron chi connectivity index (χ1n) is 6.42. The molecule has 0 radical (unpaired) electrons. The summed E-state index contributed by atoms with van der Waals surface area (Å²) in [6, 6.07) is 5.36. The molecule has 0 spiro atoms. The maximum Gasteiger partial charge on any atom is 0.248 e. The van der Waals surface area contributed by atoms with Crippen LogP contribution in [0.25, 0.3) is 0 Å². The van der Waals surface area contributed by atoms with Crippen LogP contribution in [0.2, 0.25) is 0 Å².